The van der Waals surface area contributed by atoms with E-state index in [2.05, 4.69) is 5.32 Å². The molecule has 0 unspecified atom stereocenters. The largest absolute Gasteiger partial charge is 0.497 e. The molecule has 1 N–H and O–H groups in total. The quantitative estimate of drug-likeness (QED) is 0.322. The van der Waals surface area contributed by atoms with Crippen molar-refractivity contribution in [3.8, 4) is 22.8 Å². The summed E-state index contributed by atoms with van der Waals surface area (Å²) in [6.45, 7) is 5.82. The number of aromatic nitrogens is 1. The fraction of sp³-hybridized carbons (Fsp3) is 0.207. The SMILES string of the molecule is CCOC(=O)c1ccc2nc(-c3cccc(OC)c3)cc(OCC(=O)Nc3ccc(C)c(C)c3)c2c1. The van der Waals surface area contributed by atoms with Crippen LogP contribution in [0.4, 0.5) is 5.69 Å². The molecule has 1 heterocycles. The maximum absolute atomic E-state index is 12.7. The van der Waals surface area contributed by atoms with E-state index < -0.39 is 5.97 Å². The summed E-state index contributed by atoms with van der Waals surface area (Å²) < 4.78 is 16.5. The van der Waals surface area contributed by atoms with Gasteiger partial charge < -0.3 is 19.5 Å². The number of benzene rings is 3. The minimum Gasteiger partial charge on any atom is -0.497 e. The van der Waals surface area contributed by atoms with E-state index in [-0.39, 0.29) is 19.1 Å². The molecule has 4 rings (SSSR count). The average Bonchev–Trinajstić information content (AvgIpc) is 2.89. The molecule has 0 bridgehead atoms. The highest BCUT2D eigenvalue weighted by Crippen LogP contribution is 2.32. The second kappa shape index (κ2) is 10.9. The lowest BCUT2D eigenvalue weighted by Gasteiger charge is -2.13. The van der Waals surface area contributed by atoms with Crippen LogP contribution in [0.3, 0.4) is 0 Å². The molecule has 1 amide bonds. The highest BCUT2D eigenvalue weighted by molar-refractivity contribution is 5.97. The molecule has 3 aromatic carbocycles. The standard InChI is InChI=1S/C29H28N2O5/c1-5-35-29(33)21-10-12-25-24(15-21)27(16-26(31-25)20-7-6-8-23(14-20)34-4)36-17-28(32)30-22-11-9-18(2)19(3)13-22/h6-16H,5,17H2,1-4H3,(H,30,32). The molecular formula is C29H28N2O5. The summed E-state index contributed by atoms with van der Waals surface area (Å²) in [4.78, 5) is 29.7. The molecule has 184 valence electrons. The number of carbonyl (C=O) groups is 2. The van der Waals surface area contributed by atoms with Gasteiger partial charge in [-0.25, -0.2) is 9.78 Å². The summed E-state index contributed by atoms with van der Waals surface area (Å²) in [5.74, 6) is 0.392. The molecule has 0 aliphatic carbocycles. The molecule has 4 aromatic rings. The third-order valence-electron chi connectivity index (χ3n) is 5.80. The molecule has 1 aromatic heterocycles. The number of rotatable bonds is 8. The Morgan fingerprint density at radius 3 is 2.53 bits per heavy atom. The van der Waals surface area contributed by atoms with Gasteiger partial charge in [-0.15, -0.1) is 0 Å². The summed E-state index contributed by atoms with van der Waals surface area (Å²) in [6.07, 6.45) is 0. The topological polar surface area (TPSA) is 86.8 Å². The number of fused-ring (bicyclic) bond motifs is 1. The van der Waals surface area contributed by atoms with Crippen molar-refractivity contribution in [1.82, 2.24) is 4.98 Å². The normalized spacial score (nSPS) is 10.7. The van der Waals surface area contributed by atoms with E-state index in [0.29, 0.717) is 39.3 Å². The predicted octanol–water partition coefficient (Wildman–Crippen LogP) is 5.72. The lowest BCUT2D eigenvalue weighted by atomic mass is 10.1. The molecule has 0 saturated carbocycles. The van der Waals surface area contributed by atoms with Gasteiger partial charge in [0, 0.05) is 22.7 Å². The van der Waals surface area contributed by atoms with Crippen LogP contribution < -0.4 is 14.8 Å². The number of nitrogens with zero attached hydrogens (tertiary/aromatic N) is 1. The molecule has 7 nitrogen and oxygen atoms in total. The number of ether oxygens (including phenoxy) is 3. The van der Waals surface area contributed by atoms with Gasteiger partial charge >= 0.3 is 5.97 Å². The van der Waals surface area contributed by atoms with Gasteiger partial charge in [-0.1, -0.05) is 18.2 Å². The molecule has 0 saturated heterocycles. The van der Waals surface area contributed by atoms with Crippen LogP contribution >= 0.6 is 0 Å². The fourth-order valence-electron chi connectivity index (χ4n) is 3.75. The summed E-state index contributed by atoms with van der Waals surface area (Å²) in [7, 11) is 1.60. The first-order chi connectivity index (χ1) is 17.4. The summed E-state index contributed by atoms with van der Waals surface area (Å²) in [5.41, 5.74) is 5.41. The highest BCUT2D eigenvalue weighted by atomic mass is 16.5. The first-order valence-corrected chi connectivity index (χ1v) is 11.6. The van der Waals surface area contributed by atoms with Crippen molar-refractivity contribution in [3.63, 3.8) is 0 Å². The van der Waals surface area contributed by atoms with Crippen LogP contribution in [0, 0.1) is 13.8 Å². The molecule has 0 radical (unpaired) electrons. The van der Waals surface area contributed by atoms with Crippen LogP contribution in [-0.2, 0) is 9.53 Å². The number of methoxy groups -OCH3 is 1. The first-order valence-electron chi connectivity index (χ1n) is 11.6. The summed E-state index contributed by atoms with van der Waals surface area (Å²) >= 11 is 0. The van der Waals surface area contributed by atoms with Gasteiger partial charge in [-0.05, 0) is 74.4 Å². The lowest BCUT2D eigenvalue weighted by molar-refractivity contribution is -0.118. The van der Waals surface area contributed by atoms with Crippen molar-refractivity contribution in [2.75, 3.05) is 25.6 Å². The van der Waals surface area contributed by atoms with Crippen LogP contribution in [0.1, 0.15) is 28.4 Å². The predicted molar refractivity (Wildman–Crippen MR) is 140 cm³/mol. The van der Waals surface area contributed by atoms with Crippen LogP contribution in [0.15, 0.2) is 66.7 Å². The zero-order chi connectivity index (χ0) is 25.7. The molecule has 7 heteroatoms. The Labute approximate surface area is 210 Å². The Hall–Kier alpha value is -4.39. The van der Waals surface area contributed by atoms with E-state index in [0.717, 1.165) is 16.7 Å². The van der Waals surface area contributed by atoms with Gasteiger partial charge in [0.25, 0.3) is 5.91 Å². The first kappa shape index (κ1) is 24.7. The van der Waals surface area contributed by atoms with E-state index in [1.54, 1.807) is 38.3 Å². The van der Waals surface area contributed by atoms with Crippen molar-refractivity contribution in [2.45, 2.75) is 20.8 Å². The van der Waals surface area contributed by atoms with Crippen molar-refractivity contribution in [3.05, 3.63) is 83.4 Å². The van der Waals surface area contributed by atoms with Crippen LogP contribution in [-0.4, -0.2) is 37.2 Å². The average molecular weight is 485 g/mol. The third kappa shape index (κ3) is 5.63. The minimum absolute atomic E-state index is 0.215. The number of nitrogens with one attached hydrogen (secondary N) is 1. The van der Waals surface area contributed by atoms with Gasteiger partial charge in [-0.2, -0.15) is 0 Å². The Morgan fingerprint density at radius 1 is 0.944 bits per heavy atom. The Morgan fingerprint density at radius 2 is 1.78 bits per heavy atom. The number of hydrogen-bond donors (Lipinski definition) is 1. The van der Waals surface area contributed by atoms with Gasteiger partial charge in [-0.3, -0.25) is 4.79 Å². The minimum atomic E-state index is -0.435. The van der Waals surface area contributed by atoms with E-state index in [9.17, 15) is 9.59 Å². The third-order valence-corrected chi connectivity index (χ3v) is 5.80. The molecule has 0 aliphatic rings. The Bertz CT molecular complexity index is 1430. The lowest BCUT2D eigenvalue weighted by Crippen LogP contribution is -2.20. The number of aryl methyl sites for hydroxylation is 2. The summed E-state index contributed by atoms with van der Waals surface area (Å²) in [5, 5.41) is 3.47. The van der Waals surface area contributed by atoms with E-state index >= 15 is 0 Å². The summed E-state index contributed by atoms with van der Waals surface area (Å²) in [6, 6.07) is 20.1. The molecule has 0 aliphatic heterocycles. The van der Waals surface area contributed by atoms with Crippen LogP contribution in [0.5, 0.6) is 11.5 Å². The zero-order valence-corrected chi connectivity index (χ0v) is 20.8. The van der Waals surface area contributed by atoms with Gasteiger partial charge in [0.05, 0.1) is 30.5 Å². The number of pyridine rings is 1. The number of hydrogen-bond acceptors (Lipinski definition) is 6. The second-order valence-corrected chi connectivity index (χ2v) is 8.33. The van der Waals surface area contributed by atoms with E-state index in [4.69, 9.17) is 19.2 Å². The number of amides is 1. The van der Waals surface area contributed by atoms with E-state index in [1.165, 1.54) is 0 Å². The number of carbonyl (C=O) groups excluding carboxylic acids is 2. The zero-order valence-electron chi connectivity index (χ0n) is 20.8. The highest BCUT2D eigenvalue weighted by Gasteiger charge is 2.15. The van der Waals surface area contributed by atoms with Crippen molar-refractivity contribution < 1.29 is 23.8 Å². The Balaban J connectivity index is 1.67. The van der Waals surface area contributed by atoms with Gasteiger partial charge in [0.15, 0.2) is 6.61 Å². The van der Waals surface area contributed by atoms with Crippen molar-refractivity contribution >= 4 is 28.5 Å². The van der Waals surface area contributed by atoms with E-state index in [1.807, 2.05) is 56.3 Å². The maximum atomic E-state index is 12.7. The smallest absolute Gasteiger partial charge is 0.338 e. The monoisotopic (exact) mass is 484 g/mol. The second-order valence-electron chi connectivity index (χ2n) is 8.33. The molecular weight excluding hydrogens is 456 g/mol. The van der Waals surface area contributed by atoms with Gasteiger partial charge in [0.2, 0.25) is 0 Å². The van der Waals surface area contributed by atoms with Gasteiger partial charge in [0.1, 0.15) is 11.5 Å². The van der Waals surface area contributed by atoms with Crippen LogP contribution in [0.2, 0.25) is 0 Å². The molecule has 0 atom stereocenters. The molecule has 0 spiro atoms. The molecule has 36 heavy (non-hydrogen) atoms. The van der Waals surface area contributed by atoms with Crippen molar-refractivity contribution in [1.29, 1.82) is 0 Å². The number of anilines is 1. The fourth-order valence-corrected chi connectivity index (χ4v) is 3.75. The molecule has 0 fully saturated rings. The van der Waals surface area contributed by atoms with Crippen LogP contribution in [0.25, 0.3) is 22.2 Å². The van der Waals surface area contributed by atoms with Crippen molar-refractivity contribution in [2.24, 2.45) is 0 Å². The Kier molecular flexibility index (Phi) is 7.49. The number of esters is 1. The maximum Gasteiger partial charge on any atom is 0.338 e.